The van der Waals surface area contributed by atoms with Crippen molar-refractivity contribution in [2.24, 2.45) is 0 Å². The second-order valence-corrected chi connectivity index (χ2v) is 13.3. The zero-order valence-electron chi connectivity index (χ0n) is 24.7. The van der Waals surface area contributed by atoms with E-state index in [9.17, 15) is 18.0 Å². The number of hydrogen-bond acceptors (Lipinski definition) is 5. The molecule has 0 aromatic heterocycles. The molecule has 2 amide bonds. The third-order valence-corrected chi connectivity index (χ3v) is 9.54. The van der Waals surface area contributed by atoms with Gasteiger partial charge in [0.25, 0.3) is 10.0 Å². The van der Waals surface area contributed by atoms with E-state index in [-0.39, 0.29) is 23.8 Å². The van der Waals surface area contributed by atoms with Crippen molar-refractivity contribution in [3.8, 4) is 5.75 Å². The number of methoxy groups -OCH3 is 1. The molecule has 4 rings (SSSR count). The molecular weight excluding hydrogens is 689 g/mol. The van der Waals surface area contributed by atoms with Crippen LogP contribution in [0.5, 0.6) is 5.75 Å². The molecule has 0 unspecified atom stereocenters. The molecule has 0 fully saturated rings. The molecule has 4 aromatic rings. The molecule has 230 valence electrons. The Morgan fingerprint density at radius 2 is 1.50 bits per heavy atom. The number of amides is 2. The van der Waals surface area contributed by atoms with E-state index in [1.807, 2.05) is 49.4 Å². The molecule has 0 spiro atoms. The number of ether oxygens (including phenoxy) is 1. The van der Waals surface area contributed by atoms with Crippen LogP contribution in [0.2, 0.25) is 0 Å². The molecule has 4 aromatic carbocycles. The minimum absolute atomic E-state index is 0.0622. The summed E-state index contributed by atoms with van der Waals surface area (Å²) in [7, 11) is -2.57. The first kappa shape index (κ1) is 33.0. The fraction of sp³-hybridized carbons (Fsp3) is 0.235. The van der Waals surface area contributed by atoms with Gasteiger partial charge in [0.05, 0.1) is 17.7 Å². The normalized spacial score (nSPS) is 11.8. The number of sulfonamides is 1. The Hall–Kier alpha value is -3.90. The smallest absolute Gasteiger partial charge is 0.264 e. The maximum Gasteiger partial charge on any atom is 0.264 e. The molecule has 8 nitrogen and oxygen atoms in total. The quantitative estimate of drug-likeness (QED) is 0.170. The molecule has 0 saturated heterocycles. The summed E-state index contributed by atoms with van der Waals surface area (Å²) in [6, 6.07) is 30.8. The Bertz CT molecular complexity index is 1630. The van der Waals surface area contributed by atoms with Crippen LogP contribution in [0.4, 0.5) is 5.69 Å². The molecule has 0 aliphatic rings. The summed E-state index contributed by atoms with van der Waals surface area (Å²) in [6.45, 7) is 1.97. The topological polar surface area (TPSA) is 96.0 Å². The fourth-order valence-electron chi connectivity index (χ4n) is 4.74. The molecule has 0 aliphatic heterocycles. The van der Waals surface area contributed by atoms with Crippen LogP contribution < -0.4 is 14.4 Å². The van der Waals surface area contributed by atoms with Gasteiger partial charge in [-0.2, -0.15) is 0 Å². The third kappa shape index (κ3) is 8.60. The van der Waals surface area contributed by atoms with Gasteiger partial charge in [0.1, 0.15) is 18.3 Å². The van der Waals surface area contributed by atoms with Crippen LogP contribution in [-0.2, 0) is 32.6 Å². The van der Waals surface area contributed by atoms with E-state index in [4.69, 9.17) is 4.74 Å². The van der Waals surface area contributed by atoms with Gasteiger partial charge in [-0.3, -0.25) is 13.9 Å². The SMILES string of the molecule is CCCNC(=O)[C@@H](Cc1ccccc1)N(Cc1cccc(OC)c1)C(=O)CN(c1ccc(I)cc1)S(=O)(=O)c1ccccc1. The number of anilines is 1. The van der Waals surface area contributed by atoms with E-state index in [1.54, 1.807) is 61.7 Å². The highest BCUT2D eigenvalue weighted by Crippen LogP contribution is 2.26. The third-order valence-electron chi connectivity index (χ3n) is 7.03. The highest BCUT2D eigenvalue weighted by atomic mass is 127. The Morgan fingerprint density at radius 1 is 0.864 bits per heavy atom. The lowest BCUT2D eigenvalue weighted by Crippen LogP contribution is -2.53. The van der Waals surface area contributed by atoms with Crippen molar-refractivity contribution < 1.29 is 22.7 Å². The van der Waals surface area contributed by atoms with Crippen molar-refractivity contribution in [3.05, 3.63) is 124 Å². The zero-order chi connectivity index (χ0) is 31.5. The summed E-state index contributed by atoms with van der Waals surface area (Å²) < 4.78 is 35.5. The number of rotatable bonds is 14. The van der Waals surface area contributed by atoms with Gasteiger partial charge in [-0.15, -0.1) is 0 Å². The zero-order valence-corrected chi connectivity index (χ0v) is 27.7. The van der Waals surface area contributed by atoms with E-state index < -0.39 is 28.5 Å². The first-order chi connectivity index (χ1) is 21.2. The van der Waals surface area contributed by atoms with Crippen LogP contribution in [0.1, 0.15) is 24.5 Å². The summed E-state index contributed by atoms with van der Waals surface area (Å²) in [5.41, 5.74) is 1.96. The van der Waals surface area contributed by atoms with Crippen LogP contribution in [0.3, 0.4) is 0 Å². The average molecular weight is 726 g/mol. The number of nitrogens with one attached hydrogen (secondary N) is 1. The molecule has 0 saturated carbocycles. The van der Waals surface area contributed by atoms with Crippen molar-refractivity contribution in [2.45, 2.75) is 37.2 Å². The van der Waals surface area contributed by atoms with Crippen molar-refractivity contribution in [2.75, 3.05) is 24.5 Å². The van der Waals surface area contributed by atoms with Crippen molar-refractivity contribution in [1.29, 1.82) is 0 Å². The number of carbonyl (C=O) groups is 2. The van der Waals surface area contributed by atoms with Gasteiger partial charge >= 0.3 is 0 Å². The Kier molecular flexibility index (Phi) is 11.8. The maximum absolute atomic E-state index is 14.4. The number of nitrogens with zero attached hydrogens (tertiary/aromatic N) is 2. The van der Waals surface area contributed by atoms with Crippen LogP contribution >= 0.6 is 22.6 Å². The van der Waals surface area contributed by atoms with Crippen LogP contribution in [-0.4, -0.2) is 51.4 Å². The first-order valence-corrected chi connectivity index (χ1v) is 16.8. The van der Waals surface area contributed by atoms with Gasteiger partial charge in [0, 0.05) is 23.1 Å². The molecular formula is C34H36IN3O5S. The number of benzene rings is 4. The molecule has 1 N–H and O–H groups in total. The predicted octanol–water partition coefficient (Wildman–Crippen LogP) is 5.66. The lowest BCUT2D eigenvalue weighted by Gasteiger charge is -2.34. The molecule has 0 aliphatic carbocycles. The first-order valence-electron chi connectivity index (χ1n) is 14.3. The summed E-state index contributed by atoms with van der Waals surface area (Å²) in [4.78, 5) is 29.7. The summed E-state index contributed by atoms with van der Waals surface area (Å²) >= 11 is 2.15. The van der Waals surface area contributed by atoms with Gasteiger partial charge in [0.15, 0.2) is 0 Å². The van der Waals surface area contributed by atoms with E-state index in [1.165, 1.54) is 17.0 Å². The van der Waals surface area contributed by atoms with Crippen molar-refractivity contribution >= 4 is 50.1 Å². The Balaban J connectivity index is 1.79. The van der Waals surface area contributed by atoms with Crippen LogP contribution in [0, 0.1) is 3.57 Å². The second-order valence-electron chi connectivity index (χ2n) is 10.2. The van der Waals surface area contributed by atoms with E-state index in [0.29, 0.717) is 18.0 Å². The van der Waals surface area contributed by atoms with Crippen molar-refractivity contribution in [1.82, 2.24) is 10.2 Å². The highest BCUT2D eigenvalue weighted by molar-refractivity contribution is 14.1. The van der Waals surface area contributed by atoms with E-state index >= 15 is 0 Å². The monoisotopic (exact) mass is 725 g/mol. The minimum atomic E-state index is -4.14. The van der Waals surface area contributed by atoms with Gasteiger partial charge in [-0.05, 0) is 88.7 Å². The summed E-state index contributed by atoms with van der Waals surface area (Å²) in [5.74, 6) is -0.214. The fourth-order valence-corrected chi connectivity index (χ4v) is 6.54. The molecule has 44 heavy (non-hydrogen) atoms. The van der Waals surface area contributed by atoms with Gasteiger partial charge < -0.3 is 15.0 Å². The van der Waals surface area contributed by atoms with E-state index in [0.717, 1.165) is 25.4 Å². The average Bonchev–Trinajstić information content (AvgIpc) is 3.05. The van der Waals surface area contributed by atoms with Gasteiger partial charge in [0.2, 0.25) is 11.8 Å². The number of halogens is 1. The lowest BCUT2D eigenvalue weighted by atomic mass is 10.0. The predicted molar refractivity (Wildman–Crippen MR) is 181 cm³/mol. The van der Waals surface area contributed by atoms with Gasteiger partial charge in [-0.25, -0.2) is 8.42 Å². The molecule has 1 atom stereocenters. The maximum atomic E-state index is 14.4. The van der Waals surface area contributed by atoms with E-state index in [2.05, 4.69) is 27.9 Å². The minimum Gasteiger partial charge on any atom is -0.497 e. The van der Waals surface area contributed by atoms with Crippen LogP contribution in [0.25, 0.3) is 0 Å². The summed E-state index contributed by atoms with van der Waals surface area (Å²) in [6.07, 6.45) is 0.977. The largest absolute Gasteiger partial charge is 0.497 e. The highest BCUT2D eigenvalue weighted by Gasteiger charge is 2.34. The van der Waals surface area contributed by atoms with Gasteiger partial charge in [-0.1, -0.05) is 67.6 Å². The summed E-state index contributed by atoms with van der Waals surface area (Å²) in [5, 5.41) is 2.95. The van der Waals surface area contributed by atoms with Crippen molar-refractivity contribution in [3.63, 3.8) is 0 Å². The second kappa shape index (κ2) is 15.7. The standard InChI is InChI=1S/C34H36IN3O5S/c1-3-21-36-34(40)32(23-26-11-6-4-7-12-26)37(24-27-13-10-14-30(22-27)43-2)33(39)25-38(29-19-17-28(35)18-20-29)44(41,42)31-15-8-5-9-16-31/h4-20,22,32H,3,21,23-25H2,1-2H3,(H,36,40)/t32-/m1/s1. The van der Waals surface area contributed by atoms with Crippen LogP contribution in [0.15, 0.2) is 114 Å². The Morgan fingerprint density at radius 3 is 2.14 bits per heavy atom. The Labute approximate surface area is 273 Å². The molecule has 10 heteroatoms. The molecule has 0 heterocycles. The number of carbonyl (C=O) groups excluding carboxylic acids is 2. The molecule has 0 radical (unpaired) electrons. The lowest BCUT2D eigenvalue weighted by molar-refractivity contribution is -0.140. The number of hydrogen-bond donors (Lipinski definition) is 1. The molecule has 0 bridgehead atoms.